The van der Waals surface area contributed by atoms with Gasteiger partial charge in [0.05, 0.1) is 0 Å². The van der Waals surface area contributed by atoms with Crippen LogP contribution in [0.1, 0.15) is 93.9 Å². The molecule has 0 spiro atoms. The van der Waals surface area contributed by atoms with Gasteiger partial charge in [0.25, 0.3) is 0 Å². The Labute approximate surface area is 172 Å². The molecule has 1 amide bonds. The average molecular weight is 490 g/mol. The number of amides is 1. The minimum atomic E-state index is -2.58. The van der Waals surface area contributed by atoms with E-state index in [1.54, 1.807) is 0 Å². The van der Waals surface area contributed by atoms with Crippen LogP contribution in [0.3, 0.4) is 0 Å². The van der Waals surface area contributed by atoms with Gasteiger partial charge in [0, 0.05) is 0 Å². The van der Waals surface area contributed by atoms with Crippen LogP contribution in [0.25, 0.3) is 0 Å². The Morgan fingerprint density at radius 2 is 1.44 bits per heavy atom. The molecule has 0 aromatic carbocycles. The molecule has 1 aliphatic heterocycles. The molecule has 0 unspecified atom stereocenters. The second-order valence-electron chi connectivity index (χ2n) is 9.58. The molecule has 0 bridgehead atoms. The molecule has 0 aliphatic carbocycles. The van der Waals surface area contributed by atoms with Crippen LogP contribution in [0.15, 0.2) is 0 Å². The van der Waals surface area contributed by atoms with E-state index >= 15 is 0 Å². The molecule has 0 radical (unpaired) electrons. The van der Waals surface area contributed by atoms with Gasteiger partial charge in [-0.1, -0.05) is 0 Å². The van der Waals surface area contributed by atoms with Crippen molar-refractivity contribution >= 4 is 24.5 Å². The quantitative estimate of drug-likeness (QED) is 0.301. The fourth-order valence-electron chi connectivity index (χ4n) is 4.58. The topological polar surface area (TPSA) is 38.8 Å². The van der Waals surface area contributed by atoms with Gasteiger partial charge in [0.15, 0.2) is 0 Å². The summed E-state index contributed by atoms with van der Waals surface area (Å²) >= 11 is -2.58. The number of rotatable bonds is 11. The summed E-state index contributed by atoms with van der Waals surface area (Å²) in [7, 11) is 0. The SMILES string of the molecule is CCC[CH2][Sn]([CH2]CCC)([CH2]CCC)[C@@H](C)OC(=O)N1C(C)(C)COC1(C)C. The fourth-order valence-corrected chi connectivity index (χ4v) is 20.3. The van der Waals surface area contributed by atoms with Crippen LogP contribution in [-0.4, -0.2) is 51.4 Å². The molecule has 0 N–H and O–H groups in total. The van der Waals surface area contributed by atoms with Crippen molar-refractivity contribution in [1.29, 1.82) is 0 Å². The van der Waals surface area contributed by atoms with Crippen LogP contribution >= 0.6 is 0 Å². The van der Waals surface area contributed by atoms with Crippen molar-refractivity contribution in [2.24, 2.45) is 0 Å². The Morgan fingerprint density at radius 1 is 1.00 bits per heavy atom. The molecular formula is C22H45NO3Sn. The average Bonchev–Trinajstić information content (AvgIpc) is 2.82. The molecular weight excluding hydrogens is 445 g/mol. The number of carbonyl (C=O) groups excluding carboxylic acids is 1. The van der Waals surface area contributed by atoms with Crippen LogP contribution in [0, 0.1) is 0 Å². The Kier molecular flexibility index (Phi) is 9.94. The molecule has 0 aromatic heterocycles. The molecule has 0 saturated carbocycles. The van der Waals surface area contributed by atoms with Crippen LogP contribution < -0.4 is 0 Å². The van der Waals surface area contributed by atoms with E-state index in [0.717, 1.165) is 0 Å². The standard InChI is InChI=1S/C10H18NO3.3C4H9.Sn/c1-6-13-8(12)11-9(2,3)7-14-10(11,4)5;3*1-3-4-2;/h6H,7H2,1-5H3;3*1,3-4H2,2H3;. The number of unbranched alkanes of at least 4 members (excludes halogenated alkanes) is 3. The van der Waals surface area contributed by atoms with Crippen molar-refractivity contribution in [3.05, 3.63) is 0 Å². The zero-order valence-corrected chi connectivity index (χ0v) is 22.2. The summed E-state index contributed by atoms with van der Waals surface area (Å²) in [6.45, 7) is 17.7. The van der Waals surface area contributed by atoms with Gasteiger partial charge in [-0.05, 0) is 0 Å². The van der Waals surface area contributed by atoms with E-state index in [0.29, 0.717) is 6.61 Å². The molecule has 1 saturated heterocycles. The summed E-state index contributed by atoms with van der Waals surface area (Å²) in [5.41, 5.74) is -0.927. The number of ether oxygens (including phenoxy) is 2. The number of hydrogen-bond donors (Lipinski definition) is 0. The molecule has 27 heavy (non-hydrogen) atoms. The number of carbonyl (C=O) groups is 1. The van der Waals surface area contributed by atoms with Gasteiger partial charge in [-0.15, -0.1) is 0 Å². The van der Waals surface area contributed by atoms with E-state index in [1.807, 2.05) is 18.7 Å². The van der Waals surface area contributed by atoms with Crippen LogP contribution in [0.2, 0.25) is 13.3 Å². The summed E-state index contributed by atoms with van der Waals surface area (Å²) in [6, 6.07) is 0. The molecule has 160 valence electrons. The van der Waals surface area contributed by atoms with E-state index in [-0.39, 0.29) is 15.8 Å². The maximum absolute atomic E-state index is 13.2. The van der Waals surface area contributed by atoms with Crippen LogP contribution in [0.5, 0.6) is 0 Å². The molecule has 5 heteroatoms. The van der Waals surface area contributed by atoms with E-state index in [2.05, 4.69) is 41.5 Å². The zero-order chi connectivity index (χ0) is 20.7. The van der Waals surface area contributed by atoms with E-state index in [4.69, 9.17) is 9.47 Å². The first-order valence-corrected chi connectivity index (χ1v) is 18.9. The van der Waals surface area contributed by atoms with E-state index in [1.165, 1.54) is 51.8 Å². The normalized spacial score (nSPS) is 19.9. The maximum atomic E-state index is 13.2. The van der Waals surface area contributed by atoms with Crippen molar-refractivity contribution in [3.63, 3.8) is 0 Å². The van der Waals surface area contributed by atoms with Gasteiger partial charge >= 0.3 is 173 Å². The zero-order valence-electron chi connectivity index (χ0n) is 19.3. The number of hydrogen-bond acceptors (Lipinski definition) is 3. The third-order valence-corrected chi connectivity index (χ3v) is 23.1. The van der Waals surface area contributed by atoms with Gasteiger partial charge < -0.3 is 0 Å². The monoisotopic (exact) mass is 491 g/mol. The van der Waals surface area contributed by atoms with Gasteiger partial charge in [-0.3, -0.25) is 0 Å². The molecule has 4 nitrogen and oxygen atoms in total. The van der Waals surface area contributed by atoms with Crippen LogP contribution in [-0.2, 0) is 9.47 Å². The van der Waals surface area contributed by atoms with Gasteiger partial charge in [0.2, 0.25) is 0 Å². The van der Waals surface area contributed by atoms with Crippen molar-refractivity contribution < 1.29 is 14.3 Å². The van der Waals surface area contributed by atoms with Gasteiger partial charge in [0.1, 0.15) is 0 Å². The predicted octanol–water partition coefficient (Wildman–Crippen LogP) is 6.75. The van der Waals surface area contributed by atoms with Crippen molar-refractivity contribution in [1.82, 2.24) is 4.90 Å². The predicted molar refractivity (Wildman–Crippen MR) is 117 cm³/mol. The second kappa shape index (κ2) is 10.7. The van der Waals surface area contributed by atoms with Crippen LogP contribution in [0.4, 0.5) is 4.79 Å². The summed E-state index contributed by atoms with van der Waals surface area (Å²) in [5, 5.41) is 0. The van der Waals surface area contributed by atoms with Crippen molar-refractivity contribution in [2.75, 3.05) is 6.61 Å². The molecule has 0 aromatic rings. The Bertz CT molecular complexity index is 427. The molecule has 1 aliphatic rings. The summed E-state index contributed by atoms with van der Waals surface area (Å²) in [6.07, 6.45) is 7.38. The van der Waals surface area contributed by atoms with Gasteiger partial charge in [-0.25, -0.2) is 0 Å². The molecule has 1 atom stereocenters. The third-order valence-electron chi connectivity index (χ3n) is 6.33. The summed E-state index contributed by atoms with van der Waals surface area (Å²) in [4.78, 5) is 15.0. The first-order valence-electron chi connectivity index (χ1n) is 11.2. The van der Waals surface area contributed by atoms with Gasteiger partial charge in [-0.2, -0.15) is 0 Å². The Balaban J connectivity index is 3.01. The second-order valence-corrected chi connectivity index (χ2v) is 24.0. The third kappa shape index (κ3) is 6.51. The summed E-state index contributed by atoms with van der Waals surface area (Å²) < 4.78 is 16.3. The number of nitrogens with zero attached hydrogens (tertiary/aromatic N) is 1. The Hall–Kier alpha value is 0.0287. The first kappa shape index (κ1) is 25.1. The molecule has 1 rings (SSSR count). The van der Waals surface area contributed by atoms with Crippen molar-refractivity contribution in [3.8, 4) is 0 Å². The fraction of sp³-hybridized carbons (Fsp3) is 0.955. The summed E-state index contributed by atoms with van der Waals surface area (Å²) in [5.74, 6) is 0. The first-order chi connectivity index (χ1) is 12.6. The minimum absolute atomic E-state index is 0.128. The molecule has 1 fully saturated rings. The van der Waals surface area contributed by atoms with E-state index in [9.17, 15) is 4.79 Å². The molecule has 1 heterocycles. The Morgan fingerprint density at radius 3 is 1.78 bits per heavy atom. The van der Waals surface area contributed by atoms with E-state index < -0.39 is 24.1 Å². The van der Waals surface area contributed by atoms with Crippen molar-refractivity contribution in [2.45, 2.75) is 123 Å².